The highest BCUT2D eigenvalue weighted by atomic mass is 35.5. The molecule has 1 aromatic carbocycles. The molecule has 2 aromatic heterocycles. The molecule has 29 heavy (non-hydrogen) atoms. The Morgan fingerprint density at radius 1 is 1.21 bits per heavy atom. The Labute approximate surface area is 171 Å². The highest BCUT2D eigenvalue weighted by Gasteiger charge is 2.11. The predicted octanol–water partition coefficient (Wildman–Crippen LogP) is 3.39. The minimum atomic E-state index is -2.91. The molecular formula is C19H19ClF2N6O. The van der Waals surface area contributed by atoms with Crippen LogP contribution in [0, 0.1) is 0 Å². The van der Waals surface area contributed by atoms with E-state index in [9.17, 15) is 8.78 Å². The van der Waals surface area contributed by atoms with E-state index in [2.05, 4.69) is 30.4 Å². The number of nitrogens with zero attached hydrogens (tertiary/aromatic N) is 4. The first-order chi connectivity index (χ1) is 14.0. The summed E-state index contributed by atoms with van der Waals surface area (Å²) in [5.74, 6) is 1.25. The van der Waals surface area contributed by atoms with Gasteiger partial charge in [-0.05, 0) is 42.0 Å². The lowest BCUT2D eigenvalue weighted by Gasteiger charge is -2.15. The number of hydrogen-bond donors (Lipinski definition) is 2. The molecule has 3 rings (SSSR count). The SMILES string of the molecule is CN=C(NCc1ccnc(-n2cccn2)c1)NCc1cc(Cl)ccc1OC(F)F. The first-order valence-corrected chi connectivity index (χ1v) is 9.05. The number of halogens is 3. The van der Waals surface area contributed by atoms with E-state index in [0.717, 1.165) is 5.56 Å². The first-order valence-electron chi connectivity index (χ1n) is 8.68. The minimum Gasteiger partial charge on any atom is -0.434 e. The van der Waals surface area contributed by atoms with Crippen molar-refractivity contribution in [1.29, 1.82) is 0 Å². The Morgan fingerprint density at radius 3 is 2.76 bits per heavy atom. The molecule has 0 amide bonds. The molecule has 0 atom stereocenters. The summed E-state index contributed by atoms with van der Waals surface area (Å²) in [6.07, 6.45) is 5.19. The second kappa shape index (κ2) is 9.83. The Balaban J connectivity index is 1.61. The molecule has 3 aromatic rings. The molecule has 2 heterocycles. The molecule has 0 fully saturated rings. The molecule has 0 saturated carbocycles. The fourth-order valence-electron chi connectivity index (χ4n) is 2.58. The summed E-state index contributed by atoms with van der Waals surface area (Å²) in [6, 6.07) is 10.1. The summed E-state index contributed by atoms with van der Waals surface area (Å²) >= 11 is 5.97. The van der Waals surface area contributed by atoms with E-state index < -0.39 is 6.61 Å². The van der Waals surface area contributed by atoms with E-state index in [1.807, 2.05) is 24.4 Å². The van der Waals surface area contributed by atoms with E-state index in [4.69, 9.17) is 11.6 Å². The summed E-state index contributed by atoms with van der Waals surface area (Å²) in [6.45, 7) is -2.23. The standard InChI is InChI=1S/C19H19ClF2N6O/c1-23-19(26-12-14-10-15(20)3-4-16(14)29-18(21)22)25-11-13-5-7-24-17(9-13)28-8-2-6-27-28/h2-10,18H,11-12H2,1H3,(H2,23,25,26). The third-order valence-electron chi connectivity index (χ3n) is 3.92. The van der Waals surface area contributed by atoms with Crippen LogP contribution in [0.2, 0.25) is 5.02 Å². The van der Waals surface area contributed by atoms with Gasteiger partial charge in [0.25, 0.3) is 0 Å². The van der Waals surface area contributed by atoms with Gasteiger partial charge in [-0.3, -0.25) is 4.99 Å². The lowest BCUT2D eigenvalue weighted by molar-refractivity contribution is -0.0504. The third kappa shape index (κ3) is 5.89. The van der Waals surface area contributed by atoms with E-state index in [1.54, 1.807) is 30.2 Å². The van der Waals surface area contributed by atoms with Gasteiger partial charge in [-0.1, -0.05) is 11.6 Å². The second-order valence-electron chi connectivity index (χ2n) is 5.88. The summed E-state index contributed by atoms with van der Waals surface area (Å²) < 4.78 is 31.4. The molecular weight excluding hydrogens is 402 g/mol. The zero-order valence-corrected chi connectivity index (χ0v) is 16.3. The Kier molecular flexibility index (Phi) is 6.96. The fraction of sp³-hybridized carbons (Fsp3) is 0.211. The molecule has 0 aliphatic heterocycles. The lowest BCUT2D eigenvalue weighted by atomic mass is 10.2. The van der Waals surface area contributed by atoms with Crippen molar-refractivity contribution in [2.75, 3.05) is 7.05 Å². The van der Waals surface area contributed by atoms with Gasteiger partial charge in [0.05, 0.1) is 0 Å². The maximum absolute atomic E-state index is 12.6. The van der Waals surface area contributed by atoms with Crippen LogP contribution >= 0.6 is 11.6 Å². The van der Waals surface area contributed by atoms with Crippen molar-refractivity contribution >= 4 is 17.6 Å². The monoisotopic (exact) mass is 420 g/mol. The van der Waals surface area contributed by atoms with E-state index in [1.165, 1.54) is 12.1 Å². The van der Waals surface area contributed by atoms with Crippen LogP contribution in [0.1, 0.15) is 11.1 Å². The highest BCUT2D eigenvalue weighted by Crippen LogP contribution is 2.24. The first kappa shape index (κ1) is 20.5. The number of alkyl halides is 2. The number of benzene rings is 1. The van der Waals surface area contributed by atoms with Gasteiger partial charge >= 0.3 is 6.61 Å². The predicted molar refractivity (Wildman–Crippen MR) is 106 cm³/mol. The van der Waals surface area contributed by atoms with Gasteiger partial charge in [0.15, 0.2) is 11.8 Å². The van der Waals surface area contributed by atoms with Gasteiger partial charge in [0.1, 0.15) is 5.75 Å². The van der Waals surface area contributed by atoms with Crippen molar-refractivity contribution in [3.8, 4) is 11.6 Å². The average Bonchev–Trinajstić information content (AvgIpc) is 3.25. The number of rotatable bonds is 7. The van der Waals surface area contributed by atoms with Crippen molar-refractivity contribution in [1.82, 2.24) is 25.4 Å². The zero-order chi connectivity index (χ0) is 20.6. The molecule has 10 heteroatoms. The Hall–Kier alpha value is -3.20. The van der Waals surface area contributed by atoms with E-state index in [0.29, 0.717) is 28.9 Å². The highest BCUT2D eigenvalue weighted by molar-refractivity contribution is 6.30. The maximum atomic E-state index is 12.6. The zero-order valence-electron chi connectivity index (χ0n) is 15.5. The molecule has 0 saturated heterocycles. The molecule has 2 N–H and O–H groups in total. The lowest BCUT2D eigenvalue weighted by Crippen LogP contribution is -2.36. The molecule has 0 unspecified atom stereocenters. The van der Waals surface area contributed by atoms with Crippen LogP contribution in [0.3, 0.4) is 0 Å². The molecule has 7 nitrogen and oxygen atoms in total. The van der Waals surface area contributed by atoms with Crippen LogP contribution < -0.4 is 15.4 Å². The van der Waals surface area contributed by atoms with Crippen LogP contribution in [0.25, 0.3) is 5.82 Å². The number of pyridine rings is 1. The molecule has 152 valence electrons. The maximum Gasteiger partial charge on any atom is 0.387 e. The van der Waals surface area contributed by atoms with E-state index >= 15 is 0 Å². The number of guanidine groups is 1. The largest absolute Gasteiger partial charge is 0.434 e. The van der Waals surface area contributed by atoms with Crippen LogP contribution in [-0.4, -0.2) is 34.4 Å². The Bertz CT molecular complexity index is 965. The van der Waals surface area contributed by atoms with Crippen molar-refractivity contribution in [3.63, 3.8) is 0 Å². The number of ether oxygens (including phenoxy) is 1. The molecule has 0 radical (unpaired) electrons. The van der Waals surface area contributed by atoms with Crippen LogP contribution in [0.5, 0.6) is 5.75 Å². The van der Waals surface area contributed by atoms with Gasteiger partial charge in [0, 0.05) is 49.3 Å². The summed E-state index contributed by atoms with van der Waals surface area (Å²) in [5, 5.41) is 10.8. The van der Waals surface area contributed by atoms with Gasteiger partial charge in [-0.2, -0.15) is 13.9 Å². The summed E-state index contributed by atoms with van der Waals surface area (Å²) in [4.78, 5) is 8.43. The quantitative estimate of drug-likeness (QED) is 0.452. The summed E-state index contributed by atoms with van der Waals surface area (Å²) in [7, 11) is 1.62. The molecule has 0 aliphatic rings. The number of nitrogens with one attached hydrogen (secondary N) is 2. The minimum absolute atomic E-state index is 0.0605. The van der Waals surface area contributed by atoms with Gasteiger partial charge in [0.2, 0.25) is 0 Å². The van der Waals surface area contributed by atoms with Crippen molar-refractivity contribution in [2.45, 2.75) is 19.7 Å². The van der Waals surface area contributed by atoms with Gasteiger partial charge < -0.3 is 15.4 Å². The topological polar surface area (TPSA) is 76.4 Å². The third-order valence-corrected chi connectivity index (χ3v) is 4.15. The number of hydrogen-bond acceptors (Lipinski definition) is 4. The van der Waals surface area contributed by atoms with Crippen molar-refractivity contribution in [3.05, 3.63) is 71.1 Å². The van der Waals surface area contributed by atoms with Crippen LogP contribution in [0.4, 0.5) is 8.78 Å². The van der Waals surface area contributed by atoms with Crippen LogP contribution in [-0.2, 0) is 13.1 Å². The van der Waals surface area contributed by atoms with E-state index in [-0.39, 0.29) is 12.3 Å². The smallest absolute Gasteiger partial charge is 0.387 e. The molecule has 0 bridgehead atoms. The van der Waals surface area contributed by atoms with Gasteiger partial charge in [-0.25, -0.2) is 9.67 Å². The summed E-state index contributed by atoms with van der Waals surface area (Å²) in [5.41, 5.74) is 1.46. The molecule has 0 aliphatic carbocycles. The number of aliphatic imine (C=N–C) groups is 1. The van der Waals surface area contributed by atoms with Crippen molar-refractivity contribution < 1.29 is 13.5 Å². The number of aromatic nitrogens is 3. The fourth-order valence-corrected chi connectivity index (χ4v) is 2.78. The molecule has 0 spiro atoms. The second-order valence-corrected chi connectivity index (χ2v) is 6.32. The Morgan fingerprint density at radius 2 is 2.03 bits per heavy atom. The van der Waals surface area contributed by atoms with Crippen LogP contribution in [0.15, 0.2) is 60.0 Å². The average molecular weight is 421 g/mol. The normalized spacial score (nSPS) is 11.6. The van der Waals surface area contributed by atoms with Crippen molar-refractivity contribution in [2.24, 2.45) is 4.99 Å². The van der Waals surface area contributed by atoms with Gasteiger partial charge in [-0.15, -0.1) is 0 Å².